The number of carbonyl (C=O) groups is 1. The van der Waals surface area contributed by atoms with Crippen molar-refractivity contribution in [3.63, 3.8) is 0 Å². The summed E-state index contributed by atoms with van der Waals surface area (Å²) in [5.74, 6) is -1.01. The van der Waals surface area contributed by atoms with Crippen molar-refractivity contribution in [2.75, 3.05) is 20.0 Å². The van der Waals surface area contributed by atoms with Gasteiger partial charge in [0.2, 0.25) is 0 Å². The van der Waals surface area contributed by atoms with Crippen LogP contribution in [-0.4, -0.2) is 55.6 Å². The van der Waals surface area contributed by atoms with Gasteiger partial charge in [-0.25, -0.2) is 13.2 Å². The third kappa shape index (κ3) is 5.70. The summed E-state index contributed by atoms with van der Waals surface area (Å²) in [6, 6.07) is 2.47. The fourth-order valence-corrected chi connectivity index (χ4v) is 3.64. The Balaban J connectivity index is 3.07. The van der Waals surface area contributed by atoms with Crippen LogP contribution in [0.5, 0.6) is 0 Å². The molecule has 0 aliphatic heterocycles. The molecule has 0 fully saturated rings. The normalized spacial score (nSPS) is 14.2. The third-order valence-corrected chi connectivity index (χ3v) is 5.86. The minimum Gasteiger partial charge on any atom is -0.461 e. The standard InChI is InChI=1S/C16H22N2O9S/c1-10(28(5,24)25)14(26-4)16(2,3)9-27-15(19)11-6-12(17(20)21)8-13(7-11)18(22)23/h6-8,10,14H,9H2,1-5H3/t10-,14-/m1/s1. The molecule has 28 heavy (non-hydrogen) atoms. The Morgan fingerprint density at radius 2 is 1.61 bits per heavy atom. The van der Waals surface area contributed by atoms with Crippen molar-refractivity contribution in [3.8, 4) is 0 Å². The molecule has 0 N–H and O–H groups in total. The first kappa shape index (κ1) is 23.4. The minimum atomic E-state index is -3.43. The second-order valence-corrected chi connectivity index (χ2v) is 9.41. The number of ether oxygens (including phenoxy) is 2. The zero-order valence-corrected chi connectivity index (χ0v) is 16.9. The van der Waals surface area contributed by atoms with Crippen molar-refractivity contribution < 1.29 is 32.5 Å². The van der Waals surface area contributed by atoms with Gasteiger partial charge in [-0.05, 0) is 6.92 Å². The molecule has 0 aliphatic carbocycles. The summed E-state index contributed by atoms with van der Waals surface area (Å²) in [7, 11) is -2.10. The highest BCUT2D eigenvalue weighted by atomic mass is 32.2. The molecule has 0 amide bonds. The molecule has 1 aromatic rings. The third-order valence-electron chi connectivity index (χ3n) is 4.26. The number of nitro groups is 2. The molecule has 0 bridgehead atoms. The van der Waals surface area contributed by atoms with E-state index >= 15 is 0 Å². The second-order valence-electron chi connectivity index (χ2n) is 7.01. The van der Waals surface area contributed by atoms with E-state index in [0.717, 1.165) is 24.5 Å². The predicted octanol–water partition coefficient (Wildman–Crippen LogP) is 2.13. The average Bonchev–Trinajstić information content (AvgIpc) is 2.58. The number of rotatable bonds is 9. The van der Waals surface area contributed by atoms with Crippen LogP contribution < -0.4 is 0 Å². The molecule has 0 spiro atoms. The van der Waals surface area contributed by atoms with Gasteiger partial charge in [-0.15, -0.1) is 0 Å². The Morgan fingerprint density at radius 1 is 1.14 bits per heavy atom. The highest BCUT2D eigenvalue weighted by Gasteiger charge is 2.39. The van der Waals surface area contributed by atoms with E-state index in [1.807, 2.05) is 0 Å². The average molecular weight is 418 g/mol. The Bertz CT molecular complexity index is 848. The Kier molecular flexibility index (Phi) is 7.20. The second kappa shape index (κ2) is 8.61. The molecule has 0 aliphatic rings. The van der Waals surface area contributed by atoms with Gasteiger partial charge in [0.15, 0.2) is 9.84 Å². The summed E-state index contributed by atoms with van der Waals surface area (Å²) in [4.78, 5) is 32.4. The summed E-state index contributed by atoms with van der Waals surface area (Å²) in [5.41, 5.74) is -2.54. The number of hydrogen-bond acceptors (Lipinski definition) is 9. The molecule has 0 saturated heterocycles. The van der Waals surface area contributed by atoms with Crippen molar-refractivity contribution in [1.29, 1.82) is 0 Å². The van der Waals surface area contributed by atoms with Gasteiger partial charge < -0.3 is 9.47 Å². The summed E-state index contributed by atoms with van der Waals surface area (Å²) in [6.45, 7) is 4.45. The molecule has 0 saturated carbocycles. The number of non-ortho nitro benzene ring substituents is 2. The van der Waals surface area contributed by atoms with Crippen LogP contribution in [0.1, 0.15) is 31.1 Å². The number of hydrogen-bond donors (Lipinski definition) is 0. The predicted molar refractivity (Wildman–Crippen MR) is 98.9 cm³/mol. The molecular weight excluding hydrogens is 396 g/mol. The van der Waals surface area contributed by atoms with E-state index in [-0.39, 0.29) is 12.2 Å². The smallest absolute Gasteiger partial charge is 0.338 e. The van der Waals surface area contributed by atoms with E-state index in [1.54, 1.807) is 13.8 Å². The lowest BCUT2D eigenvalue weighted by Gasteiger charge is -2.35. The maximum absolute atomic E-state index is 12.3. The molecule has 2 atom stereocenters. The number of nitrogens with zero attached hydrogens (tertiary/aromatic N) is 2. The quantitative estimate of drug-likeness (QED) is 0.333. The van der Waals surface area contributed by atoms with E-state index in [1.165, 1.54) is 14.0 Å². The van der Waals surface area contributed by atoms with Crippen molar-refractivity contribution in [2.45, 2.75) is 32.1 Å². The van der Waals surface area contributed by atoms with Crippen molar-refractivity contribution in [3.05, 3.63) is 44.0 Å². The molecule has 0 aromatic heterocycles. The van der Waals surface area contributed by atoms with Crippen LogP contribution in [0.3, 0.4) is 0 Å². The van der Waals surface area contributed by atoms with Crippen LogP contribution in [0.4, 0.5) is 11.4 Å². The molecule has 0 radical (unpaired) electrons. The van der Waals surface area contributed by atoms with E-state index in [9.17, 15) is 33.4 Å². The minimum absolute atomic E-state index is 0.277. The fraction of sp³-hybridized carbons (Fsp3) is 0.562. The van der Waals surface area contributed by atoms with Gasteiger partial charge in [0.25, 0.3) is 11.4 Å². The summed E-state index contributed by atoms with van der Waals surface area (Å²) in [5, 5.41) is 21.0. The number of esters is 1. The fourth-order valence-electron chi connectivity index (χ4n) is 2.71. The van der Waals surface area contributed by atoms with Gasteiger partial charge in [0.1, 0.15) is 0 Å². The summed E-state index contributed by atoms with van der Waals surface area (Å²) in [6.07, 6.45) is 0.253. The number of nitro benzene ring substituents is 2. The van der Waals surface area contributed by atoms with Crippen LogP contribution in [0, 0.1) is 25.6 Å². The van der Waals surface area contributed by atoms with E-state index in [2.05, 4.69) is 0 Å². The lowest BCUT2D eigenvalue weighted by molar-refractivity contribution is -0.394. The first-order chi connectivity index (χ1) is 12.7. The molecule has 156 valence electrons. The molecule has 11 nitrogen and oxygen atoms in total. The molecule has 1 rings (SSSR count). The molecule has 1 aromatic carbocycles. The van der Waals surface area contributed by atoms with E-state index in [0.29, 0.717) is 0 Å². The number of benzene rings is 1. The van der Waals surface area contributed by atoms with E-state index in [4.69, 9.17) is 9.47 Å². The first-order valence-corrected chi connectivity index (χ1v) is 9.99. The van der Waals surface area contributed by atoms with Gasteiger partial charge >= 0.3 is 5.97 Å². The van der Waals surface area contributed by atoms with Gasteiger partial charge in [0.05, 0.1) is 39.4 Å². The van der Waals surface area contributed by atoms with Gasteiger partial charge in [-0.1, -0.05) is 13.8 Å². The molecular formula is C16H22N2O9S. The van der Waals surface area contributed by atoms with Crippen LogP contribution >= 0.6 is 0 Å². The molecule has 0 unspecified atom stereocenters. The largest absolute Gasteiger partial charge is 0.461 e. The molecule has 0 heterocycles. The van der Waals surface area contributed by atoms with Gasteiger partial charge in [-0.3, -0.25) is 20.2 Å². The topological polar surface area (TPSA) is 156 Å². The van der Waals surface area contributed by atoms with Crippen molar-refractivity contribution in [1.82, 2.24) is 0 Å². The number of methoxy groups -OCH3 is 1. The Labute approximate surface area is 161 Å². The SMILES string of the molecule is CO[C@H]([C@@H](C)S(C)(=O)=O)C(C)(C)COC(=O)c1cc([N+](=O)[O-])cc([N+](=O)[O-])c1. The van der Waals surface area contributed by atoms with Crippen molar-refractivity contribution >= 4 is 27.2 Å². The van der Waals surface area contributed by atoms with E-state index < -0.39 is 53.8 Å². The summed E-state index contributed by atoms with van der Waals surface area (Å²) >= 11 is 0. The van der Waals surface area contributed by atoms with Gasteiger partial charge in [-0.2, -0.15) is 0 Å². The maximum atomic E-state index is 12.3. The highest BCUT2D eigenvalue weighted by molar-refractivity contribution is 7.91. The van der Waals surface area contributed by atoms with Crippen molar-refractivity contribution in [2.24, 2.45) is 5.41 Å². The number of carbonyl (C=O) groups excluding carboxylic acids is 1. The van der Waals surface area contributed by atoms with Crippen LogP contribution in [-0.2, 0) is 19.3 Å². The lowest BCUT2D eigenvalue weighted by Crippen LogP contribution is -2.46. The molecule has 12 heteroatoms. The Morgan fingerprint density at radius 3 is 1.96 bits per heavy atom. The number of sulfone groups is 1. The van der Waals surface area contributed by atoms with Crippen LogP contribution in [0.2, 0.25) is 0 Å². The monoisotopic (exact) mass is 418 g/mol. The maximum Gasteiger partial charge on any atom is 0.338 e. The zero-order chi connectivity index (χ0) is 21.9. The Hall–Kier alpha value is -2.60. The van der Waals surface area contributed by atoms with Crippen LogP contribution in [0.15, 0.2) is 18.2 Å². The van der Waals surface area contributed by atoms with Crippen LogP contribution in [0.25, 0.3) is 0 Å². The summed E-state index contributed by atoms with van der Waals surface area (Å²) < 4.78 is 34.1. The lowest BCUT2D eigenvalue weighted by atomic mass is 9.85. The van der Waals surface area contributed by atoms with Gasteiger partial charge in [0, 0.05) is 30.9 Å². The zero-order valence-electron chi connectivity index (χ0n) is 16.1. The first-order valence-electron chi connectivity index (χ1n) is 8.03. The highest BCUT2D eigenvalue weighted by Crippen LogP contribution is 2.30.